The summed E-state index contributed by atoms with van der Waals surface area (Å²) >= 11 is 5.81. The second kappa shape index (κ2) is 9.00. The standard InChI is InChI=1S/C17H18ClFN2O2/c18-14-7-5-13(6-8-14)9-10-20-17(22)21-11-12-23-16-4-2-1-3-15(16)19/h1-8H,9-12H2,(H2,20,21,22). The molecule has 2 aromatic rings. The zero-order valence-corrected chi connectivity index (χ0v) is 13.3. The van der Waals surface area contributed by atoms with Crippen LogP contribution in [0, 0.1) is 5.82 Å². The van der Waals surface area contributed by atoms with Crippen molar-refractivity contribution in [1.82, 2.24) is 10.6 Å². The molecule has 0 radical (unpaired) electrons. The Hall–Kier alpha value is -2.27. The van der Waals surface area contributed by atoms with Gasteiger partial charge in [-0.25, -0.2) is 9.18 Å². The van der Waals surface area contributed by atoms with Crippen LogP contribution in [0.25, 0.3) is 0 Å². The zero-order valence-electron chi connectivity index (χ0n) is 12.5. The van der Waals surface area contributed by atoms with Gasteiger partial charge in [0.15, 0.2) is 11.6 Å². The first-order valence-corrected chi connectivity index (χ1v) is 7.66. The first-order chi connectivity index (χ1) is 11.1. The van der Waals surface area contributed by atoms with Crippen molar-refractivity contribution in [3.8, 4) is 5.75 Å². The number of nitrogens with one attached hydrogen (secondary N) is 2. The molecule has 23 heavy (non-hydrogen) atoms. The maximum absolute atomic E-state index is 13.3. The van der Waals surface area contributed by atoms with E-state index in [0.717, 1.165) is 12.0 Å². The highest BCUT2D eigenvalue weighted by Gasteiger charge is 2.02. The molecule has 2 rings (SSSR count). The maximum atomic E-state index is 13.3. The number of carbonyl (C=O) groups is 1. The van der Waals surface area contributed by atoms with Crippen LogP contribution in [-0.2, 0) is 6.42 Å². The lowest BCUT2D eigenvalue weighted by Gasteiger charge is -2.09. The molecular weight excluding hydrogens is 319 g/mol. The number of hydrogen-bond acceptors (Lipinski definition) is 2. The van der Waals surface area contributed by atoms with Crippen molar-refractivity contribution in [3.63, 3.8) is 0 Å². The van der Waals surface area contributed by atoms with E-state index in [1.165, 1.54) is 6.07 Å². The summed E-state index contributed by atoms with van der Waals surface area (Å²) in [6.45, 7) is 1.01. The van der Waals surface area contributed by atoms with E-state index >= 15 is 0 Å². The first-order valence-electron chi connectivity index (χ1n) is 7.28. The number of amides is 2. The van der Waals surface area contributed by atoms with Gasteiger partial charge in [0, 0.05) is 11.6 Å². The smallest absolute Gasteiger partial charge is 0.314 e. The number of halogens is 2. The Morgan fingerprint density at radius 3 is 2.48 bits per heavy atom. The number of rotatable bonds is 7. The summed E-state index contributed by atoms with van der Waals surface area (Å²) in [5, 5.41) is 6.08. The van der Waals surface area contributed by atoms with Gasteiger partial charge in [-0.05, 0) is 36.2 Å². The van der Waals surface area contributed by atoms with E-state index in [-0.39, 0.29) is 18.4 Å². The van der Waals surface area contributed by atoms with E-state index in [9.17, 15) is 9.18 Å². The number of ether oxygens (including phenoxy) is 1. The van der Waals surface area contributed by atoms with Gasteiger partial charge in [0.1, 0.15) is 6.61 Å². The average Bonchev–Trinajstić information content (AvgIpc) is 2.55. The molecule has 0 unspecified atom stereocenters. The van der Waals surface area contributed by atoms with Gasteiger partial charge in [-0.1, -0.05) is 35.9 Å². The van der Waals surface area contributed by atoms with Crippen LogP contribution in [0.15, 0.2) is 48.5 Å². The van der Waals surface area contributed by atoms with Gasteiger partial charge in [0.05, 0.1) is 6.54 Å². The van der Waals surface area contributed by atoms with Gasteiger partial charge < -0.3 is 15.4 Å². The van der Waals surface area contributed by atoms with Crippen molar-refractivity contribution in [1.29, 1.82) is 0 Å². The Labute approximate surface area is 139 Å². The zero-order chi connectivity index (χ0) is 16.5. The van der Waals surface area contributed by atoms with Crippen LogP contribution in [0.4, 0.5) is 9.18 Å². The Morgan fingerprint density at radius 1 is 1.04 bits per heavy atom. The monoisotopic (exact) mass is 336 g/mol. The van der Waals surface area contributed by atoms with E-state index in [4.69, 9.17) is 16.3 Å². The highest BCUT2D eigenvalue weighted by Crippen LogP contribution is 2.14. The third-order valence-corrected chi connectivity index (χ3v) is 3.35. The summed E-state index contributed by atoms with van der Waals surface area (Å²) in [6, 6.07) is 13.3. The molecule has 0 aliphatic carbocycles. The van der Waals surface area contributed by atoms with Crippen LogP contribution >= 0.6 is 11.6 Å². The molecule has 0 fully saturated rings. The first kappa shape index (κ1) is 17.1. The minimum absolute atomic E-state index is 0.178. The van der Waals surface area contributed by atoms with E-state index in [1.54, 1.807) is 18.2 Å². The van der Waals surface area contributed by atoms with Crippen LogP contribution in [-0.4, -0.2) is 25.7 Å². The predicted molar refractivity (Wildman–Crippen MR) is 88.5 cm³/mol. The van der Waals surface area contributed by atoms with Crippen molar-refractivity contribution in [2.45, 2.75) is 6.42 Å². The molecule has 4 nitrogen and oxygen atoms in total. The van der Waals surface area contributed by atoms with Crippen molar-refractivity contribution < 1.29 is 13.9 Å². The van der Waals surface area contributed by atoms with Crippen LogP contribution in [0.1, 0.15) is 5.56 Å². The van der Waals surface area contributed by atoms with E-state index in [1.807, 2.05) is 24.3 Å². The highest BCUT2D eigenvalue weighted by molar-refractivity contribution is 6.30. The molecule has 0 heterocycles. The molecule has 0 saturated carbocycles. The molecule has 0 aliphatic rings. The van der Waals surface area contributed by atoms with E-state index in [2.05, 4.69) is 10.6 Å². The summed E-state index contributed by atoms with van der Waals surface area (Å²) < 4.78 is 18.5. The van der Waals surface area contributed by atoms with E-state index in [0.29, 0.717) is 18.1 Å². The largest absolute Gasteiger partial charge is 0.489 e. The lowest BCUT2D eigenvalue weighted by Crippen LogP contribution is -2.38. The summed E-state index contributed by atoms with van der Waals surface area (Å²) in [6.07, 6.45) is 0.719. The number of carbonyl (C=O) groups excluding carboxylic acids is 1. The Morgan fingerprint density at radius 2 is 1.74 bits per heavy atom. The van der Waals surface area contributed by atoms with Crippen LogP contribution < -0.4 is 15.4 Å². The van der Waals surface area contributed by atoms with Gasteiger partial charge in [-0.3, -0.25) is 0 Å². The number of urea groups is 1. The number of para-hydroxylation sites is 1. The van der Waals surface area contributed by atoms with Gasteiger partial charge in [0.2, 0.25) is 0 Å². The minimum atomic E-state index is -0.417. The SMILES string of the molecule is O=C(NCCOc1ccccc1F)NCCc1ccc(Cl)cc1. The van der Waals surface area contributed by atoms with Crippen LogP contribution in [0.2, 0.25) is 5.02 Å². The highest BCUT2D eigenvalue weighted by atomic mass is 35.5. The average molecular weight is 337 g/mol. The second-order valence-corrected chi connectivity index (χ2v) is 5.27. The van der Waals surface area contributed by atoms with Crippen LogP contribution in [0.3, 0.4) is 0 Å². The Kier molecular flexibility index (Phi) is 6.69. The Bertz CT molecular complexity index is 635. The van der Waals surface area contributed by atoms with E-state index < -0.39 is 5.82 Å². The summed E-state index contributed by atoms with van der Waals surface area (Å²) in [7, 11) is 0. The predicted octanol–water partition coefficient (Wildman–Crippen LogP) is 3.40. The molecule has 122 valence electrons. The fraction of sp³-hybridized carbons (Fsp3) is 0.235. The van der Waals surface area contributed by atoms with Gasteiger partial charge in [0.25, 0.3) is 0 Å². The van der Waals surface area contributed by atoms with Crippen molar-refractivity contribution in [2.24, 2.45) is 0 Å². The minimum Gasteiger partial charge on any atom is -0.489 e. The van der Waals surface area contributed by atoms with Gasteiger partial charge >= 0.3 is 6.03 Å². The van der Waals surface area contributed by atoms with Gasteiger partial charge in [-0.2, -0.15) is 0 Å². The molecule has 2 aromatic carbocycles. The summed E-state index contributed by atoms with van der Waals surface area (Å²) in [4.78, 5) is 11.6. The molecule has 0 aromatic heterocycles. The number of hydrogen-bond donors (Lipinski definition) is 2. The molecule has 6 heteroatoms. The molecule has 0 atom stereocenters. The topological polar surface area (TPSA) is 50.4 Å². The lowest BCUT2D eigenvalue weighted by atomic mass is 10.1. The molecule has 2 amide bonds. The maximum Gasteiger partial charge on any atom is 0.314 e. The lowest BCUT2D eigenvalue weighted by molar-refractivity contribution is 0.236. The van der Waals surface area contributed by atoms with Gasteiger partial charge in [-0.15, -0.1) is 0 Å². The van der Waals surface area contributed by atoms with Crippen LogP contribution in [0.5, 0.6) is 5.75 Å². The molecule has 0 bridgehead atoms. The third kappa shape index (κ3) is 6.16. The molecule has 0 spiro atoms. The third-order valence-electron chi connectivity index (χ3n) is 3.09. The summed E-state index contributed by atoms with van der Waals surface area (Å²) in [5.41, 5.74) is 1.09. The van der Waals surface area contributed by atoms with Crippen molar-refractivity contribution in [2.75, 3.05) is 19.7 Å². The molecule has 0 aliphatic heterocycles. The second-order valence-electron chi connectivity index (χ2n) is 4.84. The fourth-order valence-electron chi connectivity index (χ4n) is 1.92. The summed E-state index contributed by atoms with van der Waals surface area (Å²) in [5.74, 6) is -0.239. The molecule has 0 saturated heterocycles. The van der Waals surface area contributed by atoms with Crippen molar-refractivity contribution >= 4 is 17.6 Å². The Balaban J connectivity index is 1.58. The quantitative estimate of drug-likeness (QED) is 0.761. The van der Waals surface area contributed by atoms with Crippen molar-refractivity contribution in [3.05, 3.63) is 64.9 Å². The molecular formula is C17H18ClFN2O2. The number of benzene rings is 2. The molecule has 2 N–H and O–H groups in total. The normalized spacial score (nSPS) is 10.2. The fourth-order valence-corrected chi connectivity index (χ4v) is 2.05.